The number of benzene rings is 3. The Labute approximate surface area is 773 Å². The number of likely N-dealkylation sites (N-methyl/N-ethyl adjacent to an activating group) is 3. The first-order chi connectivity index (χ1) is 63.4. The number of hydrogen-bond donors (Lipinski definition) is 19. The number of rotatable bonds is 28. The van der Waals surface area contributed by atoms with Crippen LogP contribution in [0.5, 0.6) is 5.75 Å². The van der Waals surface area contributed by atoms with Crippen LogP contribution in [-0.2, 0) is 106 Å². The van der Waals surface area contributed by atoms with E-state index in [-0.39, 0.29) is 96.7 Å². The topological polar surface area (TPSA) is 649 Å². The maximum absolute atomic E-state index is 15.8. The number of amides is 16. The van der Waals surface area contributed by atoms with Crippen molar-refractivity contribution < 1.29 is 106 Å². The third-order valence-corrected chi connectivity index (χ3v) is 25.0. The lowest BCUT2D eigenvalue weighted by atomic mass is 9.99. The van der Waals surface area contributed by atoms with Gasteiger partial charge in [0.05, 0.1) is 31.9 Å². The van der Waals surface area contributed by atoms with E-state index in [1.165, 1.54) is 40.1 Å². The summed E-state index contributed by atoms with van der Waals surface area (Å²) in [4.78, 5) is 273. The predicted octanol–water partition coefficient (Wildman–Crippen LogP) is -2.99. The van der Waals surface area contributed by atoms with Crippen LogP contribution in [0, 0.1) is 0 Å². The van der Waals surface area contributed by atoms with Gasteiger partial charge in [-0.2, -0.15) is 0 Å². The molecule has 0 bridgehead atoms. The van der Waals surface area contributed by atoms with Gasteiger partial charge in [-0.15, -0.1) is 11.8 Å². The molecule has 3 aromatic carbocycles. The van der Waals surface area contributed by atoms with Crippen LogP contribution in [0.15, 0.2) is 85.2 Å². The summed E-state index contributed by atoms with van der Waals surface area (Å²) in [6.07, 6.45) is -0.352. The Balaban J connectivity index is 1.20. The first kappa shape index (κ1) is 106. The fourth-order valence-electron chi connectivity index (χ4n) is 16.3. The molecule has 15 atom stereocenters. The number of carboxylic acid groups (broad SMARTS) is 2. The molecule has 726 valence electrons. The lowest BCUT2D eigenvalue weighted by Gasteiger charge is -2.36. The van der Waals surface area contributed by atoms with E-state index in [0.717, 1.165) is 31.4 Å². The summed E-state index contributed by atoms with van der Waals surface area (Å²) in [6, 6.07) is -1.92. The van der Waals surface area contributed by atoms with E-state index in [9.17, 15) is 68.1 Å². The molecule has 5 aromatic rings. The molecule has 0 saturated carbocycles. The molecule has 2 aromatic heterocycles. The van der Waals surface area contributed by atoms with E-state index in [1.807, 2.05) is 0 Å². The van der Waals surface area contributed by atoms with Gasteiger partial charge in [0.2, 0.25) is 94.5 Å². The molecule has 0 unspecified atom stereocenters. The molecule has 44 heteroatoms. The van der Waals surface area contributed by atoms with Crippen molar-refractivity contribution in [3.05, 3.63) is 102 Å². The fourth-order valence-corrected chi connectivity index (χ4v) is 17.2. The highest BCUT2D eigenvalue weighted by atomic mass is 32.2. The summed E-state index contributed by atoms with van der Waals surface area (Å²) >= 11 is 0.740. The number of aliphatic hydroxyl groups is 1. The number of aliphatic hydroxyl groups excluding tert-OH is 1. The van der Waals surface area contributed by atoms with E-state index >= 15 is 33.6 Å². The number of ether oxygens (including phenoxy) is 1. The summed E-state index contributed by atoms with van der Waals surface area (Å²) in [5, 5.41) is 59.0. The van der Waals surface area contributed by atoms with Crippen molar-refractivity contribution in [2.24, 2.45) is 22.9 Å². The number of carbonyl (C=O) groups is 18. The molecular formula is C89H127N21O22S. The number of methoxy groups -OCH3 is 1. The minimum absolute atomic E-state index is 0.0264. The maximum Gasteiger partial charge on any atom is 0.305 e. The lowest BCUT2D eigenvalue weighted by Crippen LogP contribution is -2.61. The van der Waals surface area contributed by atoms with Gasteiger partial charge < -0.3 is 131 Å². The van der Waals surface area contributed by atoms with Crippen molar-refractivity contribution in [1.82, 2.24) is 87.6 Å². The average molecular weight is 1880 g/mol. The first-order valence-corrected chi connectivity index (χ1v) is 45.8. The monoisotopic (exact) mass is 1870 g/mol. The molecule has 3 fully saturated rings. The third-order valence-electron chi connectivity index (χ3n) is 23.9. The van der Waals surface area contributed by atoms with Gasteiger partial charge in [-0.3, -0.25) is 86.3 Å². The first-order valence-electron chi connectivity index (χ1n) is 44.7. The molecular weight excluding hydrogens is 1750 g/mol. The number of carbonyl (C=O) groups excluding carboxylic acids is 16. The number of nitrogens with one attached hydrogen (secondary N) is 12. The van der Waals surface area contributed by atoms with Crippen molar-refractivity contribution in [2.45, 2.75) is 233 Å². The maximum atomic E-state index is 15.8. The van der Waals surface area contributed by atoms with Gasteiger partial charge in [0.1, 0.15) is 90.3 Å². The number of aromatic amines is 2. The molecule has 8 rings (SSSR count). The number of aliphatic carboxylic acids is 2. The Morgan fingerprint density at radius 3 is 1.64 bits per heavy atom. The average Bonchev–Trinajstić information content (AvgIpc) is 1.46. The van der Waals surface area contributed by atoms with E-state index in [1.54, 1.807) is 99.0 Å². The summed E-state index contributed by atoms with van der Waals surface area (Å²) in [6.45, 7) is 3.06. The van der Waals surface area contributed by atoms with Crippen LogP contribution < -0.4 is 80.8 Å². The zero-order valence-electron chi connectivity index (χ0n) is 75.9. The number of unbranched alkanes of at least 4 members (excludes halogenated alkanes) is 3. The van der Waals surface area contributed by atoms with Crippen LogP contribution in [0.25, 0.3) is 21.8 Å². The number of primary amides is 1. The highest BCUT2D eigenvalue weighted by molar-refractivity contribution is 8.00. The van der Waals surface area contributed by atoms with E-state index in [2.05, 4.69) is 63.1 Å². The largest absolute Gasteiger partial charge is 0.497 e. The lowest BCUT2D eigenvalue weighted by molar-refractivity contribution is -0.149. The number of H-pyrrole nitrogens is 2. The highest BCUT2D eigenvalue weighted by Gasteiger charge is 2.47. The molecule has 43 nitrogen and oxygen atoms in total. The minimum Gasteiger partial charge on any atom is -0.497 e. The molecule has 0 aliphatic carbocycles. The van der Waals surface area contributed by atoms with Crippen LogP contribution in [0.1, 0.15) is 140 Å². The number of fused-ring (bicyclic) bond motifs is 4. The van der Waals surface area contributed by atoms with Crippen molar-refractivity contribution in [3.8, 4) is 5.75 Å². The zero-order chi connectivity index (χ0) is 97.4. The molecule has 0 spiro atoms. The van der Waals surface area contributed by atoms with Crippen molar-refractivity contribution in [1.29, 1.82) is 0 Å². The number of carboxylic acids is 2. The number of para-hydroxylation sites is 2. The van der Waals surface area contributed by atoms with E-state index in [0.29, 0.717) is 63.5 Å². The van der Waals surface area contributed by atoms with Gasteiger partial charge in [0.15, 0.2) is 0 Å². The molecule has 0 radical (unpaired) electrons. The Bertz CT molecular complexity index is 4960. The Hall–Kier alpha value is -12.8. The molecule has 16 amide bonds. The second-order valence-corrected chi connectivity index (χ2v) is 34.6. The summed E-state index contributed by atoms with van der Waals surface area (Å²) in [7, 11) is 5.26. The standard InChI is InChI=1S/C89H127N21O22S/c1-8-10-24-68-82(124)98-59(31-32-74(114)115)78(120)105-67(77(119)96-45-72(93)112)47-133-48-73(113)97-64(37-50-27-29-54(132-7)30-28-50)85(127)106(4)49(3)76(118)99-61(33-35-91)87(129)109-36-18-26-69(109)83(125)104-66(42-92)81(123)100-60(23-16-17-34-90)88(130)110-46-53(111)40-71(110)84(126)102-62(38-51-43-94-57-21-14-12-19-55(51)57)79(121)101-63(41-75(116)117)80(122)103-65(39-52-44-95-58-22-15-13-20-56(52)58)86(128)108(6)70(25-11-9-2)89(131)107(68)5/h12-15,19-22,27-30,43-44,49,53,59-71,94-95,111H,8-11,16-18,23-26,31-42,45-48,90-92H2,1-7H3,(H2,93,112)(H,96,119)(H,97,113)(H,98,124)(H,99,118)(H,100,123)(H,101,121)(H,102,126)(H,103,122)(H,104,125)(H,105,120)(H,114,115)(H,116,117)/t49-,53+,59-,60-,61+,62-,63-,64-,65-,66-,67-,68-,69-,70-,71-/m0/s1. The van der Waals surface area contributed by atoms with Gasteiger partial charge in [-0.05, 0) is 119 Å². The molecule has 23 N–H and O–H groups in total. The van der Waals surface area contributed by atoms with Crippen molar-refractivity contribution in [2.75, 3.05) is 79.0 Å². The molecule has 133 heavy (non-hydrogen) atoms. The van der Waals surface area contributed by atoms with Gasteiger partial charge in [-0.25, -0.2) is 0 Å². The molecule has 3 aliphatic heterocycles. The smallest absolute Gasteiger partial charge is 0.305 e. The Morgan fingerprint density at radius 2 is 1.04 bits per heavy atom. The summed E-state index contributed by atoms with van der Waals surface area (Å²) < 4.78 is 5.34. The summed E-state index contributed by atoms with van der Waals surface area (Å²) in [5.74, 6) is -19.1. The van der Waals surface area contributed by atoms with Crippen molar-refractivity contribution in [3.63, 3.8) is 0 Å². The number of hydrogen-bond acceptors (Lipinski definition) is 24. The highest BCUT2D eigenvalue weighted by Crippen LogP contribution is 2.28. The second kappa shape index (κ2) is 51.3. The van der Waals surface area contributed by atoms with Crippen LogP contribution in [0.2, 0.25) is 0 Å². The Kier molecular flexibility index (Phi) is 40.7. The molecule has 3 saturated heterocycles. The van der Waals surface area contributed by atoms with Gasteiger partial charge in [-0.1, -0.05) is 88.1 Å². The van der Waals surface area contributed by atoms with Gasteiger partial charge >= 0.3 is 11.9 Å². The Morgan fingerprint density at radius 1 is 0.511 bits per heavy atom. The number of nitrogens with zero attached hydrogens (tertiary/aromatic N) is 5. The van der Waals surface area contributed by atoms with Crippen LogP contribution in [0.4, 0.5) is 0 Å². The number of nitrogens with two attached hydrogens (primary N) is 4. The SMILES string of the molecule is CCCC[C@H]1C(=O)N(C)[C@@H](CCCC)C(=O)N[C@@H](CCC(=O)O)C(=O)N[C@H](C(=O)NCC(N)=O)CSCC(=O)N[C@@H](Cc2ccc(OC)cc2)C(=O)N(C)[C@@H](C)C(=O)N[C@H](CCN)C(=O)N2CCC[C@H]2C(=O)N[C@@H](CN)C(=O)N[C@@H](CCCCN)C(=O)N2C[C@H](O)C[C@H]2C(=O)N[C@@H](Cc2c[nH]c3ccccc23)C(=O)N[C@@H](CC(=O)O)C(=O)N[C@@H](Cc2c[nH]c3ccccc23)C(=O)N1C. The third kappa shape index (κ3) is 29.6. The quantitative estimate of drug-likeness (QED) is 0.0222. The predicted molar refractivity (Wildman–Crippen MR) is 488 cm³/mol. The molecule has 5 heterocycles. The minimum atomic E-state index is -2.06. The number of aromatic nitrogens is 2. The molecule has 3 aliphatic rings. The number of thioether (sulfide) groups is 1. The van der Waals surface area contributed by atoms with Gasteiger partial charge in [0, 0.05) is 113 Å². The van der Waals surface area contributed by atoms with E-state index < -0.39 is 254 Å². The fraction of sp³-hybridized carbons (Fsp3) is 0.551. The summed E-state index contributed by atoms with van der Waals surface area (Å²) in [5.41, 5.74) is 26.1. The van der Waals surface area contributed by atoms with Crippen LogP contribution in [-0.4, -0.2) is 326 Å². The van der Waals surface area contributed by atoms with Crippen molar-refractivity contribution >= 4 is 140 Å². The van der Waals surface area contributed by atoms with Crippen LogP contribution in [0.3, 0.4) is 0 Å². The van der Waals surface area contributed by atoms with Crippen LogP contribution >= 0.6 is 11.8 Å². The van der Waals surface area contributed by atoms with Gasteiger partial charge in [0.25, 0.3) is 0 Å². The second-order valence-electron chi connectivity index (χ2n) is 33.5. The zero-order valence-corrected chi connectivity index (χ0v) is 76.7. The van der Waals surface area contributed by atoms with E-state index in [4.69, 9.17) is 27.7 Å². The normalized spacial score (nSPS) is 24.9.